The highest BCUT2D eigenvalue weighted by Crippen LogP contribution is 2.24. The Hall–Kier alpha value is -2.12. The van der Waals surface area contributed by atoms with Crippen LogP contribution in [0.2, 0.25) is 0 Å². The van der Waals surface area contributed by atoms with E-state index in [4.69, 9.17) is 4.52 Å². The molecule has 7 heteroatoms. The monoisotopic (exact) mass is 373 g/mol. The molecule has 0 spiro atoms. The van der Waals surface area contributed by atoms with Gasteiger partial charge in [0.05, 0.1) is 15.9 Å². The molecule has 0 fully saturated rings. The molecule has 1 aromatic carbocycles. The third-order valence-electron chi connectivity index (χ3n) is 3.69. The highest BCUT2D eigenvalue weighted by molar-refractivity contribution is 7.99. The number of anilines is 1. The van der Waals surface area contributed by atoms with Crippen molar-refractivity contribution in [2.24, 2.45) is 0 Å². The summed E-state index contributed by atoms with van der Waals surface area (Å²) in [4.78, 5) is 17.7. The minimum Gasteiger partial charge on any atom is -0.338 e. The number of carbonyl (C=O) groups excluding carboxylic acids is 1. The molecule has 0 aliphatic carbocycles. The first-order valence-corrected chi connectivity index (χ1v) is 9.82. The second-order valence-electron chi connectivity index (χ2n) is 5.75. The predicted octanol–water partition coefficient (Wildman–Crippen LogP) is 4.68. The summed E-state index contributed by atoms with van der Waals surface area (Å²) in [5.41, 5.74) is 3.03. The highest BCUT2D eigenvalue weighted by Gasteiger charge is 2.17. The largest absolute Gasteiger partial charge is 0.338 e. The van der Waals surface area contributed by atoms with Crippen molar-refractivity contribution in [3.8, 4) is 10.7 Å². The van der Waals surface area contributed by atoms with Crippen molar-refractivity contribution in [3.05, 3.63) is 52.7 Å². The van der Waals surface area contributed by atoms with Crippen LogP contribution in [0.1, 0.15) is 23.9 Å². The molecule has 3 aromatic rings. The molecular formula is C18H19N3O2S2. The van der Waals surface area contributed by atoms with Crippen LogP contribution in [0.15, 0.2) is 40.2 Å². The SMILES string of the molecule is Cc1ccc(C)c(NC(=O)[C@H](C)SCc2nc(-c3cccs3)no2)c1. The van der Waals surface area contributed by atoms with Crippen molar-refractivity contribution in [1.29, 1.82) is 0 Å². The molecule has 130 valence electrons. The van der Waals surface area contributed by atoms with Gasteiger partial charge in [-0.3, -0.25) is 4.79 Å². The molecule has 25 heavy (non-hydrogen) atoms. The lowest BCUT2D eigenvalue weighted by Crippen LogP contribution is -2.23. The minimum atomic E-state index is -0.225. The highest BCUT2D eigenvalue weighted by atomic mass is 32.2. The smallest absolute Gasteiger partial charge is 0.237 e. The quantitative estimate of drug-likeness (QED) is 0.680. The molecule has 2 heterocycles. The zero-order valence-electron chi connectivity index (χ0n) is 14.3. The van der Waals surface area contributed by atoms with E-state index in [0.717, 1.165) is 21.7 Å². The number of carbonyl (C=O) groups is 1. The molecule has 0 radical (unpaired) electrons. The third-order valence-corrected chi connectivity index (χ3v) is 5.68. The molecule has 0 saturated carbocycles. The lowest BCUT2D eigenvalue weighted by atomic mass is 10.1. The molecular weight excluding hydrogens is 354 g/mol. The number of aromatic nitrogens is 2. The van der Waals surface area contributed by atoms with Gasteiger partial charge in [0.15, 0.2) is 0 Å². The van der Waals surface area contributed by atoms with Crippen molar-refractivity contribution in [3.63, 3.8) is 0 Å². The van der Waals surface area contributed by atoms with Gasteiger partial charge >= 0.3 is 0 Å². The van der Waals surface area contributed by atoms with E-state index in [1.165, 1.54) is 11.8 Å². The lowest BCUT2D eigenvalue weighted by molar-refractivity contribution is -0.115. The second-order valence-corrected chi connectivity index (χ2v) is 8.03. The van der Waals surface area contributed by atoms with Crippen LogP contribution in [0.3, 0.4) is 0 Å². The molecule has 0 unspecified atom stereocenters. The fourth-order valence-corrected chi connectivity index (χ4v) is 3.57. The van der Waals surface area contributed by atoms with Gasteiger partial charge in [0.25, 0.3) is 0 Å². The molecule has 1 amide bonds. The van der Waals surface area contributed by atoms with Crippen molar-refractivity contribution >= 4 is 34.7 Å². The third kappa shape index (κ3) is 4.49. The van der Waals surface area contributed by atoms with Crippen LogP contribution < -0.4 is 5.32 Å². The molecule has 2 aromatic heterocycles. The summed E-state index contributed by atoms with van der Waals surface area (Å²) in [5, 5.41) is 8.72. The number of nitrogens with one attached hydrogen (secondary N) is 1. The summed E-state index contributed by atoms with van der Waals surface area (Å²) in [6.07, 6.45) is 0. The second kappa shape index (κ2) is 7.84. The first-order chi connectivity index (χ1) is 12.0. The Morgan fingerprint density at radius 1 is 1.36 bits per heavy atom. The van der Waals surface area contributed by atoms with Crippen molar-refractivity contribution in [2.45, 2.75) is 31.8 Å². The van der Waals surface area contributed by atoms with E-state index < -0.39 is 0 Å². The number of rotatable bonds is 6. The first-order valence-electron chi connectivity index (χ1n) is 7.89. The van der Waals surface area contributed by atoms with Crippen LogP contribution in [-0.4, -0.2) is 21.3 Å². The van der Waals surface area contributed by atoms with Crippen LogP contribution in [0.25, 0.3) is 10.7 Å². The first kappa shape index (κ1) is 17.7. The van der Waals surface area contributed by atoms with Crippen LogP contribution in [0.5, 0.6) is 0 Å². The van der Waals surface area contributed by atoms with Gasteiger partial charge in [-0.05, 0) is 49.4 Å². The summed E-state index contributed by atoms with van der Waals surface area (Å²) >= 11 is 3.04. The number of aryl methyl sites for hydroxylation is 2. The van der Waals surface area contributed by atoms with Gasteiger partial charge in [0.2, 0.25) is 17.6 Å². The van der Waals surface area contributed by atoms with Gasteiger partial charge in [0.1, 0.15) is 0 Å². The Balaban J connectivity index is 1.56. The van der Waals surface area contributed by atoms with Crippen LogP contribution in [0.4, 0.5) is 5.69 Å². The summed E-state index contributed by atoms with van der Waals surface area (Å²) in [5.74, 6) is 1.59. The number of amides is 1. The van der Waals surface area contributed by atoms with Crippen LogP contribution >= 0.6 is 23.1 Å². The van der Waals surface area contributed by atoms with E-state index in [0.29, 0.717) is 17.5 Å². The Labute approximate surface area is 154 Å². The summed E-state index contributed by atoms with van der Waals surface area (Å²) < 4.78 is 5.26. The maximum atomic E-state index is 12.4. The topological polar surface area (TPSA) is 68.0 Å². The van der Waals surface area contributed by atoms with Crippen molar-refractivity contribution < 1.29 is 9.32 Å². The van der Waals surface area contributed by atoms with Gasteiger partial charge in [-0.2, -0.15) is 4.98 Å². The van der Waals surface area contributed by atoms with Gasteiger partial charge in [0, 0.05) is 5.69 Å². The van der Waals surface area contributed by atoms with Gasteiger partial charge < -0.3 is 9.84 Å². The van der Waals surface area contributed by atoms with Gasteiger partial charge in [-0.15, -0.1) is 23.1 Å². The van der Waals surface area contributed by atoms with Gasteiger partial charge in [-0.25, -0.2) is 0 Å². The van der Waals surface area contributed by atoms with E-state index in [-0.39, 0.29) is 11.2 Å². The Kier molecular flexibility index (Phi) is 5.55. The van der Waals surface area contributed by atoms with E-state index in [2.05, 4.69) is 15.5 Å². The minimum absolute atomic E-state index is 0.0308. The zero-order chi connectivity index (χ0) is 17.8. The summed E-state index contributed by atoms with van der Waals surface area (Å²) in [6, 6.07) is 9.92. The standard InChI is InChI=1S/C18H19N3O2S2/c1-11-6-7-12(2)14(9-11)19-18(22)13(3)25-10-16-20-17(21-23-16)15-5-4-8-24-15/h4-9,13H,10H2,1-3H3,(H,19,22)/t13-/m0/s1. The summed E-state index contributed by atoms with van der Waals surface area (Å²) in [7, 11) is 0. The van der Waals surface area contributed by atoms with Gasteiger partial charge in [-0.1, -0.05) is 23.4 Å². The normalized spacial score (nSPS) is 12.1. The molecule has 0 saturated heterocycles. The van der Waals surface area contributed by atoms with E-state index >= 15 is 0 Å². The van der Waals surface area contributed by atoms with Crippen molar-refractivity contribution in [2.75, 3.05) is 5.32 Å². The number of thiophene rings is 1. The fraction of sp³-hybridized carbons (Fsp3) is 0.278. The number of thioether (sulfide) groups is 1. The average molecular weight is 374 g/mol. The number of benzene rings is 1. The van der Waals surface area contributed by atoms with Crippen LogP contribution in [-0.2, 0) is 10.5 Å². The van der Waals surface area contributed by atoms with E-state index in [1.54, 1.807) is 11.3 Å². The summed E-state index contributed by atoms with van der Waals surface area (Å²) in [6.45, 7) is 5.87. The lowest BCUT2D eigenvalue weighted by Gasteiger charge is -2.13. The van der Waals surface area contributed by atoms with E-state index in [1.807, 2.05) is 56.5 Å². The molecule has 1 atom stereocenters. The maximum absolute atomic E-state index is 12.4. The molecule has 5 nitrogen and oxygen atoms in total. The molecule has 0 aliphatic heterocycles. The molecule has 0 aliphatic rings. The number of hydrogen-bond acceptors (Lipinski definition) is 6. The molecule has 3 rings (SSSR count). The Bertz CT molecular complexity index is 859. The number of hydrogen-bond donors (Lipinski definition) is 1. The number of nitrogens with zero attached hydrogens (tertiary/aromatic N) is 2. The molecule has 1 N–H and O–H groups in total. The Morgan fingerprint density at radius 2 is 2.20 bits per heavy atom. The fourth-order valence-electron chi connectivity index (χ4n) is 2.20. The average Bonchev–Trinajstić information content (AvgIpc) is 3.26. The zero-order valence-corrected chi connectivity index (χ0v) is 15.9. The van der Waals surface area contributed by atoms with Crippen molar-refractivity contribution in [1.82, 2.24) is 10.1 Å². The maximum Gasteiger partial charge on any atom is 0.237 e. The van der Waals surface area contributed by atoms with E-state index in [9.17, 15) is 4.79 Å². The molecule has 0 bridgehead atoms. The Morgan fingerprint density at radius 3 is 2.96 bits per heavy atom. The predicted molar refractivity (Wildman–Crippen MR) is 103 cm³/mol. The van der Waals surface area contributed by atoms with Crippen LogP contribution in [0, 0.1) is 13.8 Å².